The SMILES string of the molecule is O=C(Cn1cnc(-c2ccc([N+](=O)[O-])cc2)n1)N1N=C(c2ccc(Cl)cc2)CC1c1ccco1. The van der Waals surface area contributed by atoms with Crippen LogP contribution in [-0.2, 0) is 11.3 Å². The average Bonchev–Trinajstić information content (AvgIpc) is 3.60. The number of nitro groups is 1. The van der Waals surface area contributed by atoms with E-state index in [9.17, 15) is 14.9 Å². The Kier molecular flexibility index (Phi) is 5.64. The summed E-state index contributed by atoms with van der Waals surface area (Å²) in [5.41, 5.74) is 2.20. The molecule has 170 valence electrons. The van der Waals surface area contributed by atoms with Crippen LogP contribution in [0.3, 0.4) is 0 Å². The fourth-order valence-corrected chi connectivity index (χ4v) is 3.83. The number of hydrogen-bond donors (Lipinski definition) is 0. The molecule has 0 bridgehead atoms. The molecule has 0 N–H and O–H groups in total. The molecule has 0 fully saturated rings. The number of carbonyl (C=O) groups excluding carboxylic acids is 1. The lowest BCUT2D eigenvalue weighted by molar-refractivity contribution is -0.384. The number of nitrogens with zero attached hydrogens (tertiary/aromatic N) is 6. The van der Waals surface area contributed by atoms with Crippen LogP contribution < -0.4 is 0 Å². The molecule has 0 radical (unpaired) electrons. The fraction of sp³-hybridized carbons (Fsp3) is 0.130. The third-order valence-electron chi connectivity index (χ3n) is 5.39. The predicted octanol–water partition coefficient (Wildman–Crippen LogP) is 4.48. The van der Waals surface area contributed by atoms with Gasteiger partial charge in [0.1, 0.15) is 24.7 Å². The molecule has 1 aliphatic heterocycles. The van der Waals surface area contributed by atoms with Gasteiger partial charge < -0.3 is 4.42 Å². The standard InChI is InChI=1S/C23H17ClN6O4/c24-17-7-3-15(4-8-17)19-12-20(21-2-1-11-34-21)29(26-19)22(31)13-28-14-25-23(27-28)16-5-9-18(10-6-16)30(32)33/h1-11,14,20H,12-13H2. The zero-order chi connectivity index (χ0) is 23.7. The Morgan fingerprint density at radius 1 is 1.12 bits per heavy atom. The predicted molar refractivity (Wildman–Crippen MR) is 123 cm³/mol. The maximum atomic E-state index is 13.2. The van der Waals surface area contributed by atoms with E-state index >= 15 is 0 Å². The summed E-state index contributed by atoms with van der Waals surface area (Å²) in [5.74, 6) is 0.703. The van der Waals surface area contributed by atoms with Crippen LogP contribution in [0.15, 0.2) is 82.8 Å². The molecule has 10 nitrogen and oxygen atoms in total. The number of carbonyl (C=O) groups is 1. The van der Waals surface area contributed by atoms with Crippen molar-refractivity contribution in [3.05, 3.63) is 99.7 Å². The lowest BCUT2D eigenvalue weighted by Gasteiger charge is -2.19. The van der Waals surface area contributed by atoms with Crippen molar-refractivity contribution in [2.45, 2.75) is 19.0 Å². The highest BCUT2D eigenvalue weighted by molar-refractivity contribution is 6.30. The number of hydrogen-bond acceptors (Lipinski definition) is 7. The van der Waals surface area contributed by atoms with Gasteiger partial charge in [-0.2, -0.15) is 10.2 Å². The van der Waals surface area contributed by atoms with Gasteiger partial charge in [0.2, 0.25) is 0 Å². The Labute approximate surface area is 198 Å². The van der Waals surface area contributed by atoms with Crippen molar-refractivity contribution >= 4 is 28.9 Å². The molecule has 1 atom stereocenters. The van der Waals surface area contributed by atoms with Crippen molar-refractivity contribution in [2.24, 2.45) is 5.10 Å². The molecule has 1 unspecified atom stereocenters. The van der Waals surface area contributed by atoms with E-state index in [-0.39, 0.29) is 24.2 Å². The molecule has 11 heteroatoms. The normalized spacial score (nSPS) is 15.4. The molecule has 2 aromatic heterocycles. The Morgan fingerprint density at radius 2 is 1.85 bits per heavy atom. The van der Waals surface area contributed by atoms with E-state index in [1.165, 1.54) is 28.2 Å². The van der Waals surface area contributed by atoms with Gasteiger partial charge >= 0.3 is 0 Å². The zero-order valence-electron chi connectivity index (χ0n) is 17.6. The summed E-state index contributed by atoms with van der Waals surface area (Å²) in [5, 5.41) is 21.8. The number of non-ortho nitro benzene ring substituents is 1. The molecule has 1 amide bonds. The van der Waals surface area contributed by atoms with E-state index in [1.54, 1.807) is 36.6 Å². The van der Waals surface area contributed by atoms with Crippen LogP contribution in [0.1, 0.15) is 23.8 Å². The Morgan fingerprint density at radius 3 is 2.53 bits per heavy atom. The molecule has 3 heterocycles. The summed E-state index contributed by atoms with van der Waals surface area (Å²) in [6.45, 7) is -0.0887. The third-order valence-corrected chi connectivity index (χ3v) is 5.64. The molecule has 0 spiro atoms. The second kappa shape index (κ2) is 8.91. The first-order valence-electron chi connectivity index (χ1n) is 10.3. The van der Waals surface area contributed by atoms with E-state index in [2.05, 4.69) is 15.2 Å². The first-order chi connectivity index (χ1) is 16.5. The minimum absolute atomic E-state index is 0.0225. The summed E-state index contributed by atoms with van der Waals surface area (Å²) in [6, 6.07) is 16.4. The largest absolute Gasteiger partial charge is 0.467 e. The smallest absolute Gasteiger partial charge is 0.269 e. The lowest BCUT2D eigenvalue weighted by Crippen LogP contribution is -2.30. The highest BCUT2D eigenvalue weighted by Crippen LogP contribution is 2.33. The van der Waals surface area contributed by atoms with Crippen molar-refractivity contribution in [2.75, 3.05) is 0 Å². The molecule has 34 heavy (non-hydrogen) atoms. The number of benzene rings is 2. The molecule has 5 rings (SSSR count). The van der Waals surface area contributed by atoms with E-state index in [0.717, 1.165) is 11.3 Å². The van der Waals surface area contributed by atoms with E-state index in [1.807, 2.05) is 18.2 Å². The molecule has 4 aromatic rings. The Balaban J connectivity index is 1.37. The highest BCUT2D eigenvalue weighted by atomic mass is 35.5. The van der Waals surface area contributed by atoms with Gasteiger partial charge in [0, 0.05) is 29.1 Å². The van der Waals surface area contributed by atoms with Crippen molar-refractivity contribution < 1.29 is 14.1 Å². The number of amides is 1. The second-order valence-corrected chi connectivity index (χ2v) is 8.03. The topological polar surface area (TPSA) is 120 Å². The van der Waals surface area contributed by atoms with Crippen LogP contribution in [0.4, 0.5) is 5.69 Å². The van der Waals surface area contributed by atoms with Crippen LogP contribution in [-0.4, -0.2) is 36.3 Å². The minimum atomic E-state index is -0.473. The Hall–Kier alpha value is -4.31. The maximum absolute atomic E-state index is 13.2. The van der Waals surface area contributed by atoms with Crippen LogP contribution in [0.5, 0.6) is 0 Å². The average molecular weight is 477 g/mol. The van der Waals surface area contributed by atoms with Gasteiger partial charge in [0.05, 0.1) is 16.9 Å². The molecule has 1 aliphatic rings. The van der Waals surface area contributed by atoms with Crippen LogP contribution in [0, 0.1) is 10.1 Å². The molecule has 0 aliphatic carbocycles. The quantitative estimate of drug-likeness (QED) is 0.299. The van der Waals surface area contributed by atoms with E-state index in [0.29, 0.717) is 28.6 Å². The zero-order valence-corrected chi connectivity index (χ0v) is 18.4. The first kappa shape index (κ1) is 21.5. The number of rotatable bonds is 6. The summed E-state index contributed by atoms with van der Waals surface area (Å²) >= 11 is 6.00. The van der Waals surface area contributed by atoms with Crippen molar-refractivity contribution in [3.63, 3.8) is 0 Å². The lowest BCUT2D eigenvalue weighted by atomic mass is 10.0. The maximum Gasteiger partial charge on any atom is 0.269 e. The second-order valence-electron chi connectivity index (χ2n) is 7.60. The summed E-state index contributed by atoms with van der Waals surface area (Å²) in [6.07, 6.45) is 3.49. The number of nitro benzene ring substituents is 1. The monoisotopic (exact) mass is 476 g/mol. The van der Waals surface area contributed by atoms with Crippen molar-refractivity contribution in [3.8, 4) is 11.4 Å². The fourth-order valence-electron chi connectivity index (χ4n) is 3.71. The number of halogens is 1. The number of furan rings is 1. The van der Waals surface area contributed by atoms with Crippen LogP contribution >= 0.6 is 11.6 Å². The Bertz CT molecular complexity index is 1360. The molecule has 0 saturated heterocycles. The minimum Gasteiger partial charge on any atom is -0.467 e. The summed E-state index contributed by atoms with van der Waals surface area (Å²) in [7, 11) is 0. The third kappa shape index (κ3) is 4.30. The number of aromatic nitrogens is 3. The molecular formula is C23H17ClN6O4. The van der Waals surface area contributed by atoms with Gasteiger partial charge in [-0.1, -0.05) is 23.7 Å². The molecule has 0 saturated carbocycles. The summed E-state index contributed by atoms with van der Waals surface area (Å²) < 4.78 is 6.98. The first-order valence-corrected chi connectivity index (χ1v) is 10.7. The van der Waals surface area contributed by atoms with Gasteiger partial charge in [0.15, 0.2) is 5.82 Å². The van der Waals surface area contributed by atoms with Crippen molar-refractivity contribution in [1.29, 1.82) is 0 Å². The van der Waals surface area contributed by atoms with E-state index < -0.39 is 4.92 Å². The van der Waals surface area contributed by atoms with Crippen molar-refractivity contribution in [1.82, 2.24) is 19.8 Å². The van der Waals surface area contributed by atoms with E-state index in [4.69, 9.17) is 16.0 Å². The molecule has 2 aromatic carbocycles. The van der Waals surface area contributed by atoms with Crippen LogP contribution in [0.2, 0.25) is 5.02 Å². The van der Waals surface area contributed by atoms with Gasteiger partial charge in [0.25, 0.3) is 11.6 Å². The molecular weight excluding hydrogens is 460 g/mol. The van der Waals surface area contributed by atoms with Gasteiger partial charge in [-0.05, 0) is 42.0 Å². The van der Waals surface area contributed by atoms with Crippen LogP contribution in [0.25, 0.3) is 11.4 Å². The van der Waals surface area contributed by atoms with Gasteiger partial charge in [-0.3, -0.25) is 14.9 Å². The number of hydrazone groups is 1. The summed E-state index contributed by atoms with van der Waals surface area (Å²) in [4.78, 5) is 27.8. The van der Waals surface area contributed by atoms with Gasteiger partial charge in [-0.25, -0.2) is 14.7 Å². The highest BCUT2D eigenvalue weighted by Gasteiger charge is 2.35. The van der Waals surface area contributed by atoms with Gasteiger partial charge in [-0.15, -0.1) is 0 Å².